The topological polar surface area (TPSA) is 45.1 Å². The van der Waals surface area contributed by atoms with Crippen LogP contribution in [0.5, 0.6) is 0 Å². The summed E-state index contributed by atoms with van der Waals surface area (Å²) in [5.74, 6) is 0.726. The molecule has 15 heavy (non-hydrogen) atoms. The highest BCUT2D eigenvalue weighted by Gasteiger charge is 2.19. The molecule has 1 rings (SSSR count). The van der Waals surface area contributed by atoms with E-state index in [2.05, 4.69) is 10.3 Å². The Morgan fingerprint density at radius 3 is 2.93 bits per heavy atom. The number of hydrogen-bond acceptors (Lipinski definition) is 4. The van der Waals surface area contributed by atoms with Crippen LogP contribution in [0, 0.1) is 6.92 Å². The van der Waals surface area contributed by atoms with E-state index in [1.165, 1.54) is 0 Å². The monoisotopic (exact) mass is 226 g/mol. The van der Waals surface area contributed by atoms with Crippen molar-refractivity contribution in [2.75, 3.05) is 23.9 Å². The van der Waals surface area contributed by atoms with E-state index >= 15 is 0 Å². The Bertz CT molecular complexity index is 315. The number of hydrogen-bond donors (Lipinski definition) is 2. The van der Waals surface area contributed by atoms with Gasteiger partial charge in [0.25, 0.3) is 0 Å². The van der Waals surface area contributed by atoms with Crippen LogP contribution in [0.3, 0.4) is 0 Å². The van der Waals surface area contributed by atoms with E-state index < -0.39 is 5.60 Å². The highest BCUT2D eigenvalue weighted by molar-refractivity contribution is 7.98. The van der Waals surface area contributed by atoms with Gasteiger partial charge >= 0.3 is 0 Å². The normalized spacial score (nSPS) is 14.7. The molecule has 0 aliphatic heterocycles. The largest absolute Gasteiger partial charge is 0.387 e. The molecule has 0 amide bonds. The molecular formula is C11H18N2OS. The molecule has 1 aromatic rings. The van der Waals surface area contributed by atoms with E-state index in [1.54, 1.807) is 18.0 Å². The van der Waals surface area contributed by atoms with Gasteiger partial charge in [0.15, 0.2) is 0 Å². The first-order valence-electron chi connectivity index (χ1n) is 4.91. The van der Waals surface area contributed by atoms with Gasteiger partial charge in [-0.05, 0) is 31.7 Å². The molecule has 4 heteroatoms. The van der Waals surface area contributed by atoms with Gasteiger partial charge in [0, 0.05) is 30.4 Å². The molecule has 84 valence electrons. The summed E-state index contributed by atoms with van der Waals surface area (Å²) >= 11 is 1.65. The molecule has 1 atom stereocenters. The molecule has 0 saturated carbocycles. The molecule has 0 aliphatic carbocycles. The fourth-order valence-electron chi connectivity index (χ4n) is 1.32. The summed E-state index contributed by atoms with van der Waals surface area (Å²) in [5.41, 5.74) is 1.46. The van der Waals surface area contributed by atoms with Crippen molar-refractivity contribution in [2.45, 2.75) is 19.4 Å². The van der Waals surface area contributed by atoms with E-state index in [1.807, 2.05) is 32.4 Å². The van der Waals surface area contributed by atoms with Crippen molar-refractivity contribution in [3.63, 3.8) is 0 Å². The minimum Gasteiger partial charge on any atom is -0.387 e. The second kappa shape index (κ2) is 5.37. The maximum atomic E-state index is 9.97. The zero-order valence-electron chi connectivity index (χ0n) is 9.45. The van der Waals surface area contributed by atoms with Gasteiger partial charge in [-0.25, -0.2) is 0 Å². The summed E-state index contributed by atoms with van der Waals surface area (Å²) in [6.45, 7) is 4.39. The maximum absolute atomic E-state index is 9.97. The lowest BCUT2D eigenvalue weighted by molar-refractivity contribution is 0.0997. The van der Waals surface area contributed by atoms with Crippen LogP contribution in [-0.2, 0) is 0 Å². The average Bonchev–Trinajstić information content (AvgIpc) is 2.16. The van der Waals surface area contributed by atoms with Crippen LogP contribution in [0.2, 0.25) is 0 Å². The van der Waals surface area contributed by atoms with Gasteiger partial charge in [-0.2, -0.15) is 11.8 Å². The number of aliphatic hydroxyl groups is 1. The Kier molecular flexibility index (Phi) is 4.42. The number of anilines is 1. The molecular weight excluding hydrogens is 208 g/mol. The predicted molar refractivity (Wildman–Crippen MR) is 66.5 cm³/mol. The smallest absolute Gasteiger partial charge is 0.0880 e. The second-order valence-corrected chi connectivity index (χ2v) is 4.84. The standard InChI is InChI=1S/C11H18N2OS/c1-9-6-12-5-4-10(9)13-7-11(2,14)8-15-3/h4-6,14H,7-8H2,1-3H3,(H,12,13). The highest BCUT2D eigenvalue weighted by Crippen LogP contribution is 2.15. The van der Waals surface area contributed by atoms with E-state index in [4.69, 9.17) is 0 Å². The van der Waals surface area contributed by atoms with Crippen LogP contribution in [0.15, 0.2) is 18.5 Å². The number of aromatic nitrogens is 1. The lowest BCUT2D eigenvalue weighted by Gasteiger charge is -2.23. The van der Waals surface area contributed by atoms with Crippen molar-refractivity contribution in [1.29, 1.82) is 0 Å². The zero-order valence-corrected chi connectivity index (χ0v) is 10.3. The Hall–Kier alpha value is -0.740. The van der Waals surface area contributed by atoms with Gasteiger partial charge in [-0.1, -0.05) is 0 Å². The molecule has 2 N–H and O–H groups in total. The summed E-state index contributed by atoms with van der Waals surface area (Å²) in [6.07, 6.45) is 5.55. The van der Waals surface area contributed by atoms with E-state index in [9.17, 15) is 5.11 Å². The zero-order chi connectivity index (χ0) is 11.3. The Morgan fingerprint density at radius 1 is 1.60 bits per heavy atom. The molecule has 0 aliphatic rings. The maximum Gasteiger partial charge on any atom is 0.0880 e. The third-order valence-corrected chi connectivity index (χ3v) is 3.05. The number of nitrogens with zero attached hydrogens (tertiary/aromatic N) is 1. The van der Waals surface area contributed by atoms with Crippen LogP contribution in [0.1, 0.15) is 12.5 Å². The van der Waals surface area contributed by atoms with Crippen LogP contribution < -0.4 is 5.32 Å². The lowest BCUT2D eigenvalue weighted by atomic mass is 10.1. The molecule has 0 aromatic carbocycles. The number of nitrogens with one attached hydrogen (secondary N) is 1. The summed E-state index contributed by atoms with van der Waals surface area (Å²) in [6, 6.07) is 1.92. The molecule has 0 fully saturated rings. The molecule has 1 heterocycles. The highest BCUT2D eigenvalue weighted by atomic mass is 32.2. The molecule has 1 aromatic heterocycles. The summed E-state index contributed by atoms with van der Waals surface area (Å²) in [4.78, 5) is 4.02. The Balaban J connectivity index is 2.53. The lowest BCUT2D eigenvalue weighted by Crippen LogP contribution is -2.36. The van der Waals surface area contributed by atoms with Crippen molar-refractivity contribution in [2.24, 2.45) is 0 Å². The molecule has 1 unspecified atom stereocenters. The molecule has 0 spiro atoms. The second-order valence-electron chi connectivity index (χ2n) is 3.97. The SMILES string of the molecule is CSCC(C)(O)CNc1ccncc1C. The third kappa shape index (κ3) is 4.10. The number of aryl methyl sites for hydroxylation is 1. The fraction of sp³-hybridized carbons (Fsp3) is 0.545. The number of thioether (sulfide) groups is 1. The van der Waals surface area contributed by atoms with Gasteiger partial charge in [-0.3, -0.25) is 4.98 Å². The molecule has 0 saturated heterocycles. The van der Waals surface area contributed by atoms with Crippen molar-refractivity contribution in [3.05, 3.63) is 24.0 Å². The molecule has 0 radical (unpaired) electrons. The van der Waals surface area contributed by atoms with Crippen LogP contribution in [-0.4, -0.2) is 34.2 Å². The summed E-state index contributed by atoms with van der Waals surface area (Å²) < 4.78 is 0. The van der Waals surface area contributed by atoms with E-state index in [0.29, 0.717) is 6.54 Å². The number of pyridine rings is 1. The minimum atomic E-state index is -0.672. The predicted octanol–water partition coefficient (Wildman–Crippen LogP) is 1.92. The summed E-state index contributed by atoms with van der Waals surface area (Å²) in [5, 5.41) is 13.2. The number of rotatable bonds is 5. The molecule has 0 bridgehead atoms. The van der Waals surface area contributed by atoms with Crippen molar-refractivity contribution < 1.29 is 5.11 Å². The van der Waals surface area contributed by atoms with Crippen molar-refractivity contribution in [3.8, 4) is 0 Å². The van der Waals surface area contributed by atoms with E-state index in [0.717, 1.165) is 17.0 Å². The Morgan fingerprint density at radius 2 is 2.33 bits per heavy atom. The van der Waals surface area contributed by atoms with Crippen LogP contribution in [0.25, 0.3) is 0 Å². The average molecular weight is 226 g/mol. The van der Waals surface area contributed by atoms with Crippen molar-refractivity contribution in [1.82, 2.24) is 4.98 Å². The summed E-state index contributed by atoms with van der Waals surface area (Å²) in [7, 11) is 0. The quantitative estimate of drug-likeness (QED) is 0.805. The first-order chi connectivity index (χ1) is 7.05. The first-order valence-corrected chi connectivity index (χ1v) is 6.30. The van der Waals surface area contributed by atoms with Gasteiger partial charge in [0.1, 0.15) is 0 Å². The third-order valence-electron chi connectivity index (χ3n) is 2.14. The molecule has 3 nitrogen and oxygen atoms in total. The van der Waals surface area contributed by atoms with Crippen LogP contribution in [0.4, 0.5) is 5.69 Å². The van der Waals surface area contributed by atoms with E-state index in [-0.39, 0.29) is 0 Å². The van der Waals surface area contributed by atoms with Gasteiger partial charge in [0.2, 0.25) is 0 Å². The van der Waals surface area contributed by atoms with Gasteiger partial charge < -0.3 is 10.4 Å². The van der Waals surface area contributed by atoms with Gasteiger partial charge in [-0.15, -0.1) is 0 Å². The minimum absolute atomic E-state index is 0.554. The first kappa shape index (κ1) is 12.3. The van der Waals surface area contributed by atoms with Crippen molar-refractivity contribution >= 4 is 17.4 Å². The van der Waals surface area contributed by atoms with Gasteiger partial charge in [0.05, 0.1) is 5.60 Å². The fourth-order valence-corrected chi connectivity index (χ4v) is 2.04. The Labute approximate surface area is 95.3 Å². The van der Waals surface area contributed by atoms with Crippen LogP contribution >= 0.6 is 11.8 Å².